The first kappa shape index (κ1) is 20.6. The van der Waals surface area contributed by atoms with E-state index >= 15 is 0 Å². The molecule has 29 heavy (non-hydrogen) atoms. The molecule has 0 atom stereocenters. The van der Waals surface area contributed by atoms with Gasteiger partial charge in [0.1, 0.15) is 18.1 Å². The third-order valence-corrected chi connectivity index (χ3v) is 4.48. The van der Waals surface area contributed by atoms with Gasteiger partial charge in [-0.2, -0.15) is 0 Å². The van der Waals surface area contributed by atoms with Gasteiger partial charge in [-0.05, 0) is 60.5 Å². The summed E-state index contributed by atoms with van der Waals surface area (Å²) >= 11 is 5.85. The van der Waals surface area contributed by atoms with Gasteiger partial charge >= 0.3 is 0 Å². The lowest BCUT2D eigenvalue weighted by Gasteiger charge is -2.09. The number of rotatable bonds is 9. The van der Waals surface area contributed by atoms with Crippen molar-refractivity contribution in [3.05, 3.63) is 76.7 Å². The Bertz CT molecular complexity index is 952. The minimum atomic E-state index is -0.275. The van der Waals surface area contributed by atoms with E-state index in [1.165, 1.54) is 0 Å². The first-order valence-corrected chi connectivity index (χ1v) is 9.43. The molecule has 0 fully saturated rings. The number of amides is 1. The highest BCUT2D eigenvalue weighted by Crippen LogP contribution is 2.27. The topological polar surface area (TPSA) is 69.9 Å². The van der Waals surface area contributed by atoms with E-state index in [0.29, 0.717) is 41.0 Å². The van der Waals surface area contributed by atoms with E-state index in [2.05, 4.69) is 5.32 Å². The fourth-order valence-corrected chi connectivity index (χ4v) is 2.83. The number of carbonyl (C=O) groups excluding carboxylic acids is 1. The van der Waals surface area contributed by atoms with Crippen molar-refractivity contribution in [2.24, 2.45) is 0 Å². The second-order valence-corrected chi connectivity index (χ2v) is 6.64. The third-order valence-electron chi connectivity index (χ3n) is 4.23. The lowest BCUT2D eigenvalue weighted by Crippen LogP contribution is -2.25. The van der Waals surface area contributed by atoms with Gasteiger partial charge in [0.15, 0.2) is 17.3 Å². The van der Waals surface area contributed by atoms with Crippen molar-refractivity contribution < 1.29 is 23.4 Å². The van der Waals surface area contributed by atoms with Crippen molar-refractivity contribution in [3.63, 3.8) is 0 Å². The quantitative estimate of drug-likeness (QED) is 0.557. The Morgan fingerprint density at radius 2 is 1.76 bits per heavy atom. The number of methoxy groups -OCH3 is 2. The number of hydrogen-bond donors (Lipinski definition) is 1. The summed E-state index contributed by atoms with van der Waals surface area (Å²) in [5.41, 5.74) is 1.03. The molecule has 1 heterocycles. The van der Waals surface area contributed by atoms with Crippen molar-refractivity contribution in [2.45, 2.75) is 13.0 Å². The first-order chi connectivity index (χ1) is 14.1. The summed E-state index contributed by atoms with van der Waals surface area (Å²) in [4.78, 5) is 12.3. The van der Waals surface area contributed by atoms with Crippen LogP contribution in [-0.4, -0.2) is 26.7 Å². The molecule has 3 aromatic rings. The van der Waals surface area contributed by atoms with Crippen molar-refractivity contribution >= 4 is 17.5 Å². The number of benzene rings is 2. The molecule has 6 nitrogen and oxygen atoms in total. The summed E-state index contributed by atoms with van der Waals surface area (Å²) in [5, 5.41) is 3.49. The maximum absolute atomic E-state index is 12.3. The molecule has 0 unspecified atom stereocenters. The summed E-state index contributed by atoms with van der Waals surface area (Å²) in [5.74, 6) is 2.53. The lowest BCUT2D eigenvalue weighted by atomic mass is 10.1. The van der Waals surface area contributed by atoms with Gasteiger partial charge in [0, 0.05) is 11.6 Å². The highest BCUT2D eigenvalue weighted by molar-refractivity contribution is 6.30. The number of ether oxygens (including phenoxy) is 3. The number of hydrogen-bond acceptors (Lipinski definition) is 5. The second-order valence-electron chi connectivity index (χ2n) is 6.20. The molecular formula is C22H22ClNO5. The van der Waals surface area contributed by atoms with Crippen molar-refractivity contribution in [1.82, 2.24) is 5.32 Å². The van der Waals surface area contributed by atoms with Crippen LogP contribution in [0.3, 0.4) is 0 Å². The summed E-state index contributed by atoms with van der Waals surface area (Å²) in [6.45, 7) is 0.687. The number of nitrogens with one attached hydrogen (secondary N) is 1. The number of carbonyl (C=O) groups is 1. The molecule has 0 saturated heterocycles. The molecule has 0 aliphatic rings. The van der Waals surface area contributed by atoms with E-state index < -0.39 is 0 Å². The number of halogens is 1. The zero-order valence-electron chi connectivity index (χ0n) is 16.2. The molecular weight excluding hydrogens is 394 g/mol. The molecule has 0 bridgehead atoms. The first-order valence-electron chi connectivity index (χ1n) is 9.05. The van der Waals surface area contributed by atoms with Crippen LogP contribution in [0.4, 0.5) is 0 Å². The highest BCUT2D eigenvalue weighted by Gasteiger charge is 2.12. The van der Waals surface area contributed by atoms with E-state index in [9.17, 15) is 4.79 Å². The fraction of sp³-hybridized carbons (Fsp3) is 0.227. The van der Waals surface area contributed by atoms with Crippen molar-refractivity contribution in [2.75, 3.05) is 20.8 Å². The van der Waals surface area contributed by atoms with Crippen LogP contribution in [0.2, 0.25) is 5.02 Å². The number of furan rings is 1. The van der Waals surface area contributed by atoms with Crippen LogP contribution in [0.5, 0.6) is 17.2 Å². The fourth-order valence-electron chi connectivity index (χ4n) is 2.71. The Morgan fingerprint density at radius 3 is 2.48 bits per heavy atom. The predicted octanol–water partition coefficient (Wildman–Crippen LogP) is 4.50. The Kier molecular flexibility index (Phi) is 7.03. The molecule has 7 heteroatoms. The highest BCUT2D eigenvalue weighted by atomic mass is 35.5. The van der Waals surface area contributed by atoms with Gasteiger partial charge in [-0.25, -0.2) is 0 Å². The van der Waals surface area contributed by atoms with E-state index in [1.54, 1.807) is 50.6 Å². The van der Waals surface area contributed by atoms with Gasteiger partial charge in [-0.3, -0.25) is 4.79 Å². The maximum atomic E-state index is 12.3. The summed E-state index contributed by atoms with van der Waals surface area (Å²) < 4.78 is 21.7. The largest absolute Gasteiger partial charge is 0.493 e. The minimum absolute atomic E-state index is 0.223. The Hall–Kier alpha value is -3.12. The molecule has 0 aliphatic carbocycles. The molecule has 1 N–H and O–H groups in total. The second kappa shape index (κ2) is 9.89. The van der Waals surface area contributed by atoms with Crippen LogP contribution in [0.1, 0.15) is 21.9 Å². The van der Waals surface area contributed by atoms with Gasteiger partial charge in [-0.1, -0.05) is 17.7 Å². The SMILES string of the molecule is COc1ccc(CCNC(=O)c2ccc(COc3ccc(Cl)cc3)o2)cc1OC. The van der Waals surface area contributed by atoms with Crippen LogP contribution in [0, 0.1) is 0 Å². The van der Waals surface area contributed by atoms with Gasteiger partial charge in [-0.15, -0.1) is 0 Å². The molecule has 1 aromatic heterocycles. The van der Waals surface area contributed by atoms with E-state index in [-0.39, 0.29) is 18.3 Å². The minimum Gasteiger partial charge on any atom is -0.493 e. The molecule has 152 valence electrons. The Balaban J connectivity index is 1.48. The molecule has 0 saturated carbocycles. The molecule has 0 aliphatic heterocycles. The molecule has 0 spiro atoms. The van der Waals surface area contributed by atoms with Crippen LogP contribution < -0.4 is 19.5 Å². The molecule has 0 radical (unpaired) electrons. The van der Waals surface area contributed by atoms with Crippen LogP contribution in [-0.2, 0) is 13.0 Å². The van der Waals surface area contributed by atoms with E-state index in [4.69, 9.17) is 30.2 Å². The summed E-state index contributed by atoms with van der Waals surface area (Å²) in [6.07, 6.45) is 0.652. The van der Waals surface area contributed by atoms with Gasteiger partial charge in [0.05, 0.1) is 14.2 Å². The van der Waals surface area contributed by atoms with Gasteiger partial charge in [0.2, 0.25) is 0 Å². The van der Waals surface area contributed by atoms with Gasteiger partial charge < -0.3 is 23.9 Å². The average molecular weight is 416 g/mol. The van der Waals surface area contributed by atoms with Gasteiger partial charge in [0.25, 0.3) is 5.91 Å². The predicted molar refractivity (Wildman–Crippen MR) is 110 cm³/mol. The summed E-state index contributed by atoms with van der Waals surface area (Å²) in [6, 6.07) is 16.1. The molecule has 3 rings (SSSR count). The lowest BCUT2D eigenvalue weighted by molar-refractivity contribution is 0.0922. The van der Waals surface area contributed by atoms with Crippen molar-refractivity contribution in [1.29, 1.82) is 0 Å². The zero-order chi connectivity index (χ0) is 20.6. The monoisotopic (exact) mass is 415 g/mol. The van der Waals surface area contributed by atoms with E-state index in [1.807, 2.05) is 18.2 Å². The maximum Gasteiger partial charge on any atom is 0.287 e. The van der Waals surface area contributed by atoms with Crippen LogP contribution in [0.25, 0.3) is 0 Å². The zero-order valence-corrected chi connectivity index (χ0v) is 17.0. The van der Waals surface area contributed by atoms with Crippen LogP contribution in [0.15, 0.2) is 59.0 Å². The Labute approximate surface area is 174 Å². The van der Waals surface area contributed by atoms with Crippen LogP contribution >= 0.6 is 11.6 Å². The average Bonchev–Trinajstić information content (AvgIpc) is 3.22. The molecule has 1 amide bonds. The van der Waals surface area contributed by atoms with E-state index in [0.717, 1.165) is 5.56 Å². The normalized spacial score (nSPS) is 10.4. The standard InChI is InChI=1S/C22H22ClNO5/c1-26-19-9-3-15(13-21(19)27-2)11-12-24-22(25)20-10-8-18(29-20)14-28-17-6-4-16(23)5-7-17/h3-10,13H,11-12,14H2,1-2H3,(H,24,25). The molecule has 2 aromatic carbocycles. The smallest absolute Gasteiger partial charge is 0.287 e. The Morgan fingerprint density at radius 1 is 1.00 bits per heavy atom. The summed E-state index contributed by atoms with van der Waals surface area (Å²) in [7, 11) is 3.18. The third kappa shape index (κ3) is 5.68. The van der Waals surface area contributed by atoms with Crippen molar-refractivity contribution in [3.8, 4) is 17.2 Å².